The Labute approximate surface area is 143 Å². The number of nitrogens with zero attached hydrogens (tertiary/aromatic N) is 3. The number of hydrogen-bond acceptors (Lipinski definition) is 2. The van der Waals surface area contributed by atoms with Crippen LogP contribution in [0.15, 0.2) is 24.4 Å². The van der Waals surface area contributed by atoms with Gasteiger partial charge in [0.25, 0.3) is 0 Å². The summed E-state index contributed by atoms with van der Waals surface area (Å²) in [4.78, 5) is 18.4. The van der Waals surface area contributed by atoms with E-state index in [2.05, 4.69) is 32.1 Å². The van der Waals surface area contributed by atoms with Crippen LogP contribution >= 0.6 is 0 Å². The molecule has 3 heterocycles. The van der Waals surface area contributed by atoms with Crippen molar-refractivity contribution in [1.29, 1.82) is 0 Å². The number of piperidine rings is 1. The van der Waals surface area contributed by atoms with Gasteiger partial charge < -0.3 is 14.4 Å². The Morgan fingerprint density at radius 3 is 2.71 bits per heavy atom. The van der Waals surface area contributed by atoms with Crippen LogP contribution in [0.3, 0.4) is 0 Å². The quantitative estimate of drug-likeness (QED) is 0.901. The summed E-state index contributed by atoms with van der Waals surface area (Å²) in [5.74, 6) is 0. The van der Waals surface area contributed by atoms with Gasteiger partial charge in [-0.05, 0) is 43.7 Å². The van der Waals surface area contributed by atoms with Crippen LogP contribution in [-0.2, 0) is 6.42 Å². The molecule has 2 aromatic heterocycles. The van der Waals surface area contributed by atoms with Gasteiger partial charge in [0.05, 0.1) is 11.2 Å². The Bertz CT molecular complexity index is 760. The molecule has 1 amide bonds. The van der Waals surface area contributed by atoms with Gasteiger partial charge in [-0.15, -0.1) is 0 Å². The standard InChI is InChI=1S/C19H27N3O2/c1-14-15(20-16-9-5-7-11-21(14)16)13-19(18(2,3)4)10-6-8-12-22(19)17(23)24/h5,7,9,11H,6,8,10,12-13H2,1-4H3,(H,23,24)/t19-/m0/s1. The third-order valence-electron chi connectivity index (χ3n) is 5.69. The lowest BCUT2D eigenvalue weighted by Gasteiger charge is -2.53. The highest BCUT2D eigenvalue weighted by Crippen LogP contribution is 2.45. The van der Waals surface area contributed by atoms with Crippen LogP contribution in [0.5, 0.6) is 0 Å². The van der Waals surface area contributed by atoms with Crippen LogP contribution in [0, 0.1) is 12.3 Å². The molecule has 0 saturated carbocycles. The highest BCUT2D eigenvalue weighted by molar-refractivity contribution is 5.67. The topological polar surface area (TPSA) is 57.8 Å². The number of aryl methyl sites for hydroxylation is 1. The van der Waals surface area contributed by atoms with E-state index in [1.165, 1.54) is 0 Å². The van der Waals surface area contributed by atoms with Crippen LogP contribution in [0.1, 0.15) is 51.4 Å². The molecule has 130 valence electrons. The van der Waals surface area contributed by atoms with Crippen molar-refractivity contribution in [3.8, 4) is 0 Å². The Kier molecular flexibility index (Phi) is 4.06. The van der Waals surface area contributed by atoms with E-state index >= 15 is 0 Å². The van der Waals surface area contributed by atoms with Crippen molar-refractivity contribution in [2.45, 2.75) is 58.9 Å². The summed E-state index contributed by atoms with van der Waals surface area (Å²) in [7, 11) is 0. The van der Waals surface area contributed by atoms with Gasteiger partial charge in [0, 0.05) is 24.9 Å². The van der Waals surface area contributed by atoms with Crippen molar-refractivity contribution < 1.29 is 9.90 Å². The fraction of sp³-hybridized carbons (Fsp3) is 0.579. The van der Waals surface area contributed by atoms with E-state index in [1.54, 1.807) is 4.90 Å². The van der Waals surface area contributed by atoms with Crippen LogP contribution in [0.25, 0.3) is 5.65 Å². The van der Waals surface area contributed by atoms with E-state index in [1.807, 2.05) is 24.4 Å². The van der Waals surface area contributed by atoms with Gasteiger partial charge in [-0.2, -0.15) is 0 Å². The molecule has 1 aliphatic heterocycles. The van der Waals surface area contributed by atoms with Gasteiger partial charge in [0.1, 0.15) is 5.65 Å². The van der Waals surface area contributed by atoms with Crippen molar-refractivity contribution in [2.24, 2.45) is 5.41 Å². The van der Waals surface area contributed by atoms with E-state index in [-0.39, 0.29) is 5.41 Å². The molecule has 0 aliphatic carbocycles. The predicted molar refractivity (Wildman–Crippen MR) is 94.4 cm³/mol. The van der Waals surface area contributed by atoms with Crippen molar-refractivity contribution >= 4 is 11.7 Å². The SMILES string of the molecule is Cc1c(C[C@]2(C(C)(C)C)CCCCN2C(=O)O)nc2ccccn12. The highest BCUT2D eigenvalue weighted by atomic mass is 16.4. The number of carbonyl (C=O) groups is 1. The molecule has 5 heteroatoms. The van der Waals surface area contributed by atoms with Gasteiger partial charge in [0.15, 0.2) is 0 Å². The van der Waals surface area contributed by atoms with Gasteiger partial charge in [0.2, 0.25) is 0 Å². The molecule has 0 unspecified atom stereocenters. The summed E-state index contributed by atoms with van der Waals surface area (Å²) < 4.78 is 2.08. The third kappa shape index (κ3) is 2.56. The first-order valence-electron chi connectivity index (χ1n) is 8.69. The zero-order valence-electron chi connectivity index (χ0n) is 15.0. The molecule has 24 heavy (non-hydrogen) atoms. The molecule has 1 aliphatic rings. The molecule has 5 nitrogen and oxygen atoms in total. The summed E-state index contributed by atoms with van der Waals surface area (Å²) in [6.45, 7) is 9.14. The Morgan fingerprint density at radius 1 is 1.33 bits per heavy atom. The minimum Gasteiger partial charge on any atom is -0.465 e. The zero-order valence-corrected chi connectivity index (χ0v) is 15.0. The average molecular weight is 329 g/mol. The minimum absolute atomic E-state index is 0.159. The molecule has 1 fully saturated rings. The van der Waals surface area contributed by atoms with E-state index in [0.717, 1.165) is 36.3 Å². The molecule has 0 radical (unpaired) electrons. The fourth-order valence-corrected chi connectivity index (χ4v) is 4.16. The summed E-state index contributed by atoms with van der Waals surface area (Å²) in [5.41, 5.74) is 2.45. The van der Waals surface area contributed by atoms with Crippen LogP contribution < -0.4 is 0 Å². The number of amides is 1. The lowest BCUT2D eigenvalue weighted by molar-refractivity contribution is -0.0252. The summed E-state index contributed by atoms with van der Waals surface area (Å²) in [5, 5.41) is 9.82. The Morgan fingerprint density at radius 2 is 2.08 bits per heavy atom. The molecule has 1 atom stereocenters. The molecule has 0 spiro atoms. The Hall–Kier alpha value is -2.04. The second-order valence-corrected chi connectivity index (χ2v) is 7.92. The maximum atomic E-state index is 12.0. The van der Waals surface area contributed by atoms with Crippen molar-refractivity contribution in [3.63, 3.8) is 0 Å². The average Bonchev–Trinajstić information content (AvgIpc) is 2.83. The van der Waals surface area contributed by atoms with Crippen LogP contribution in [0.4, 0.5) is 4.79 Å². The summed E-state index contributed by atoms with van der Waals surface area (Å²) in [6, 6.07) is 5.97. The first kappa shape index (κ1) is 16.8. The number of hydrogen-bond donors (Lipinski definition) is 1. The summed E-state index contributed by atoms with van der Waals surface area (Å²) in [6.07, 6.45) is 4.75. The molecule has 0 aromatic carbocycles. The number of pyridine rings is 1. The molecular formula is C19H27N3O2. The molecule has 1 N–H and O–H groups in total. The molecule has 2 aromatic rings. The molecule has 0 bridgehead atoms. The lowest BCUT2D eigenvalue weighted by Crippen LogP contribution is -2.62. The van der Waals surface area contributed by atoms with Gasteiger partial charge >= 0.3 is 6.09 Å². The van der Waals surface area contributed by atoms with E-state index < -0.39 is 11.6 Å². The van der Waals surface area contributed by atoms with Crippen molar-refractivity contribution in [1.82, 2.24) is 14.3 Å². The first-order valence-corrected chi connectivity index (χ1v) is 8.69. The second-order valence-electron chi connectivity index (χ2n) is 7.92. The fourth-order valence-electron chi connectivity index (χ4n) is 4.16. The number of rotatable bonds is 2. The maximum Gasteiger partial charge on any atom is 0.407 e. The van der Waals surface area contributed by atoms with Gasteiger partial charge in [-0.3, -0.25) is 0 Å². The minimum atomic E-state index is -0.814. The van der Waals surface area contributed by atoms with Crippen molar-refractivity contribution in [2.75, 3.05) is 6.54 Å². The number of imidazole rings is 1. The summed E-state index contributed by atoms with van der Waals surface area (Å²) >= 11 is 0. The normalized spacial score (nSPS) is 22.1. The zero-order chi connectivity index (χ0) is 17.5. The third-order valence-corrected chi connectivity index (χ3v) is 5.69. The van der Waals surface area contributed by atoms with Crippen molar-refractivity contribution in [3.05, 3.63) is 35.8 Å². The number of likely N-dealkylation sites (tertiary alicyclic amines) is 1. The maximum absolute atomic E-state index is 12.0. The predicted octanol–water partition coefficient (Wildman–Crippen LogP) is 4.13. The lowest BCUT2D eigenvalue weighted by atomic mass is 9.65. The first-order chi connectivity index (χ1) is 11.3. The Balaban J connectivity index is 2.09. The molecule has 1 saturated heterocycles. The highest BCUT2D eigenvalue weighted by Gasteiger charge is 2.50. The van der Waals surface area contributed by atoms with E-state index in [0.29, 0.717) is 13.0 Å². The molecule has 3 rings (SSSR count). The molecular weight excluding hydrogens is 302 g/mol. The monoisotopic (exact) mass is 329 g/mol. The second kappa shape index (κ2) is 5.80. The number of carboxylic acid groups (broad SMARTS) is 1. The van der Waals surface area contributed by atoms with Crippen LogP contribution in [-0.4, -0.2) is 37.6 Å². The largest absolute Gasteiger partial charge is 0.465 e. The van der Waals surface area contributed by atoms with Gasteiger partial charge in [-0.1, -0.05) is 26.8 Å². The smallest absolute Gasteiger partial charge is 0.407 e. The van der Waals surface area contributed by atoms with Crippen LogP contribution in [0.2, 0.25) is 0 Å². The number of aromatic nitrogens is 2. The van der Waals surface area contributed by atoms with E-state index in [4.69, 9.17) is 4.98 Å². The van der Waals surface area contributed by atoms with E-state index in [9.17, 15) is 9.90 Å². The van der Waals surface area contributed by atoms with Gasteiger partial charge in [-0.25, -0.2) is 9.78 Å². The number of fused-ring (bicyclic) bond motifs is 1.